The molecular weight excluding hydrogens is 328 g/mol. The van der Waals surface area contributed by atoms with Crippen LogP contribution in [0.4, 0.5) is 0 Å². The van der Waals surface area contributed by atoms with Gasteiger partial charge in [-0.2, -0.15) is 0 Å². The van der Waals surface area contributed by atoms with Gasteiger partial charge in [-0.3, -0.25) is 0 Å². The van der Waals surface area contributed by atoms with Gasteiger partial charge in [0.2, 0.25) is 0 Å². The molecule has 0 spiro atoms. The Morgan fingerprint density at radius 1 is 1.14 bits per heavy atom. The third kappa shape index (κ3) is 53.7. The molecule has 7 heteroatoms. The Balaban J connectivity index is -0.0000000400. The van der Waals surface area contributed by atoms with Gasteiger partial charge in [0.05, 0.1) is 0 Å². The normalized spacial score (nSPS) is 6.29. The van der Waals surface area contributed by atoms with Crippen molar-refractivity contribution in [1.82, 2.24) is 0 Å². The number of rotatable bonds is 0. The Labute approximate surface area is 82.4 Å². The van der Waals surface area contributed by atoms with Gasteiger partial charge in [-0.05, 0) is 0 Å². The van der Waals surface area contributed by atoms with Crippen LogP contribution in [-0.2, 0) is 42.9 Å². The zero-order valence-corrected chi connectivity index (χ0v) is 8.33. The van der Waals surface area contributed by atoms with E-state index >= 15 is 0 Å². The van der Waals surface area contributed by atoms with Crippen LogP contribution in [0.3, 0.4) is 0 Å². The van der Waals surface area contributed by atoms with E-state index in [1.54, 1.807) is 0 Å². The predicted molar refractivity (Wildman–Crippen MR) is 23.4 cm³/mol. The second-order valence-corrected chi connectivity index (χ2v) is 3.27. The first-order valence-electron chi connectivity index (χ1n) is 0.467. The maximum Gasteiger partial charge on any atom is 0 e. The molecule has 0 aromatic carbocycles. The molecular formula is Cl4Cu2Ni. The Kier molecular flexibility index (Phi) is 54.6. The van der Waals surface area contributed by atoms with Crippen molar-refractivity contribution in [2.24, 2.45) is 0 Å². The van der Waals surface area contributed by atoms with Crippen LogP contribution in [0, 0.1) is 0 Å². The van der Waals surface area contributed by atoms with Crippen molar-refractivity contribution < 1.29 is 42.9 Å². The van der Waals surface area contributed by atoms with Crippen LogP contribution in [0.25, 0.3) is 0 Å². The molecule has 0 amide bonds. The summed E-state index contributed by atoms with van der Waals surface area (Å²) in [7, 11) is 18.7. The minimum atomic E-state index is 0. The number of hydrogen-bond donors (Lipinski definition) is 0. The molecule has 0 aliphatic heterocycles. The Morgan fingerprint density at radius 3 is 1.14 bits per heavy atom. The average molecular weight is 328 g/mol. The molecule has 1 radical (unpaired) electrons. The zero-order valence-electron chi connectivity index (χ0n) is 2.43. The number of halogens is 4. The van der Waals surface area contributed by atoms with E-state index in [1.807, 2.05) is 0 Å². The van der Waals surface area contributed by atoms with Crippen molar-refractivity contribution >= 4 is 40.6 Å². The molecule has 0 N–H and O–H groups in total. The summed E-state index contributed by atoms with van der Waals surface area (Å²) in [5.41, 5.74) is 0. The van der Waals surface area contributed by atoms with Gasteiger partial charge in [0.1, 0.15) is 0 Å². The fourth-order valence-electron chi connectivity index (χ4n) is 0. The van der Waals surface area contributed by atoms with Gasteiger partial charge < -0.3 is 0 Å². The fraction of sp³-hybridized carbons (Fsp3) is 0. The standard InChI is InChI=1S/4ClH.2Cu.Ni/h4*1H;;;/q;;;;;2*+2/p-4. The second kappa shape index (κ2) is 23.4. The van der Waals surface area contributed by atoms with Crippen LogP contribution in [0.1, 0.15) is 0 Å². The Morgan fingerprint density at radius 2 is 1.14 bits per heavy atom. The summed E-state index contributed by atoms with van der Waals surface area (Å²) >= 11 is 1.33. The van der Waals surface area contributed by atoms with Crippen molar-refractivity contribution in [3.8, 4) is 0 Å². The minimum Gasteiger partial charge on any atom is 0 e. The largest absolute Gasteiger partial charge is 0 e. The van der Waals surface area contributed by atoms with E-state index in [0.29, 0.717) is 12.7 Å². The van der Waals surface area contributed by atoms with E-state index in [2.05, 4.69) is 20.2 Å². The van der Waals surface area contributed by atoms with E-state index in [4.69, 9.17) is 20.4 Å². The number of hydrogen-bond acceptors (Lipinski definition) is 0. The Hall–Kier alpha value is 2.69. The summed E-state index contributed by atoms with van der Waals surface area (Å²) in [6, 6.07) is 0. The van der Waals surface area contributed by atoms with Crippen molar-refractivity contribution in [3.63, 3.8) is 0 Å². The summed E-state index contributed by atoms with van der Waals surface area (Å²) in [5, 5.41) is 0. The molecule has 0 bridgehead atoms. The minimum absolute atomic E-state index is 0. The molecule has 0 aliphatic carbocycles. The molecule has 0 saturated heterocycles. The fourth-order valence-corrected chi connectivity index (χ4v) is 0. The van der Waals surface area contributed by atoms with Crippen LogP contribution in [0.2, 0.25) is 0 Å². The molecule has 0 unspecified atom stereocenters. The molecule has 0 saturated carbocycles. The van der Waals surface area contributed by atoms with E-state index < -0.39 is 0 Å². The molecule has 0 aliphatic rings. The molecule has 60 valence electrons. The third-order valence-corrected chi connectivity index (χ3v) is 0. The first kappa shape index (κ1) is 16.4. The van der Waals surface area contributed by atoms with Gasteiger partial charge in [0.15, 0.2) is 0 Å². The molecule has 0 aromatic heterocycles. The monoisotopic (exact) mass is 324 g/mol. The maximum absolute atomic E-state index is 4.70. The summed E-state index contributed by atoms with van der Waals surface area (Å²) < 4.78 is 0. The quantitative estimate of drug-likeness (QED) is 0.600. The summed E-state index contributed by atoms with van der Waals surface area (Å²) in [6.07, 6.45) is 0. The zero-order chi connectivity index (χ0) is 5.41. The Bertz CT molecular complexity index is 11.7. The van der Waals surface area contributed by atoms with Crippen LogP contribution < -0.4 is 0 Å². The second-order valence-electron chi connectivity index (χ2n) is 0.0882. The van der Waals surface area contributed by atoms with Gasteiger partial charge in [0, 0.05) is 17.1 Å². The van der Waals surface area contributed by atoms with Gasteiger partial charge in [-0.15, -0.1) is 0 Å². The molecule has 0 aromatic rings. The molecule has 0 nitrogen and oxygen atoms in total. The van der Waals surface area contributed by atoms with Crippen molar-refractivity contribution in [2.45, 2.75) is 0 Å². The van der Waals surface area contributed by atoms with E-state index in [0.717, 1.165) is 13.1 Å². The van der Waals surface area contributed by atoms with Crippen molar-refractivity contribution in [3.05, 3.63) is 0 Å². The topological polar surface area (TPSA) is 0 Å². The summed E-state index contributed by atoms with van der Waals surface area (Å²) in [4.78, 5) is 0. The van der Waals surface area contributed by atoms with E-state index in [9.17, 15) is 0 Å². The molecule has 0 rings (SSSR count). The van der Waals surface area contributed by atoms with Crippen molar-refractivity contribution in [2.75, 3.05) is 0 Å². The van der Waals surface area contributed by atoms with Gasteiger partial charge in [0.25, 0.3) is 0 Å². The van der Waals surface area contributed by atoms with Crippen LogP contribution in [-0.4, -0.2) is 0 Å². The summed E-state index contributed by atoms with van der Waals surface area (Å²) in [6.45, 7) is 0. The van der Waals surface area contributed by atoms with Crippen molar-refractivity contribution in [1.29, 1.82) is 0 Å². The molecule has 7 heavy (non-hydrogen) atoms. The van der Waals surface area contributed by atoms with E-state index in [-0.39, 0.29) is 17.1 Å². The predicted octanol–water partition coefficient (Wildman–Crippen LogP) is 2.75. The first-order chi connectivity index (χ1) is 2.83. The van der Waals surface area contributed by atoms with Gasteiger partial charge in [-0.1, -0.05) is 0 Å². The summed E-state index contributed by atoms with van der Waals surface area (Å²) in [5.74, 6) is 0. The maximum atomic E-state index is 4.70. The van der Waals surface area contributed by atoms with Gasteiger partial charge in [-0.25, -0.2) is 0 Å². The molecule has 0 fully saturated rings. The van der Waals surface area contributed by atoms with Crippen LogP contribution in [0.15, 0.2) is 0 Å². The smallest absolute Gasteiger partial charge is 0 e. The van der Waals surface area contributed by atoms with Crippen LogP contribution >= 0.6 is 40.6 Å². The molecule has 0 heterocycles. The SMILES string of the molecule is [Cl][Cu][Cl].[Cl][Ni][Cl].[Cu]. The average Bonchev–Trinajstić information content (AvgIpc) is 1.39. The molecule has 0 atom stereocenters. The van der Waals surface area contributed by atoms with E-state index in [1.165, 1.54) is 0 Å². The van der Waals surface area contributed by atoms with Gasteiger partial charge >= 0.3 is 66.4 Å². The third-order valence-electron chi connectivity index (χ3n) is 0. The first-order valence-corrected chi connectivity index (χ1v) is 5.78. The van der Waals surface area contributed by atoms with Crippen LogP contribution in [0.5, 0.6) is 0 Å².